The molecule has 0 bridgehead atoms. The standard InChI is InChI=1S/C17H19N5OS/c23-16(11-14-3-2-10-24-14)21-8-5-13(6-9-21)20-15-4-1-7-22-17(15)18-12-19-22/h1-4,7,10,12-13,20H,5-6,8-9,11H2. The lowest BCUT2D eigenvalue weighted by Gasteiger charge is -2.33. The minimum Gasteiger partial charge on any atom is -0.379 e. The number of pyridine rings is 1. The van der Waals surface area contributed by atoms with Gasteiger partial charge in [0.2, 0.25) is 5.91 Å². The Bertz CT molecular complexity index is 821. The lowest BCUT2D eigenvalue weighted by molar-refractivity contribution is -0.131. The van der Waals surface area contributed by atoms with E-state index < -0.39 is 0 Å². The molecule has 0 radical (unpaired) electrons. The third kappa shape index (κ3) is 3.12. The number of hydrogen-bond donors (Lipinski definition) is 1. The van der Waals surface area contributed by atoms with Crippen LogP contribution < -0.4 is 5.32 Å². The third-order valence-electron chi connectivity index (χ3n) is 4.42. The number of nitrogens with zero attached hydrogens (tertiary/aromatic N) is 4. The van der Waals surface area contributed by atoms with Gasteiger partial charge >= 0.3 is 0 Å². The Hall–Kier alpha value is -2.41. The minimum absolute atomic E-state index is 0.232. The highest BCUT2D eigenvalue weighted by Crippen LogP contribution is 2.20. The number of aromatic nitrogens is 3. The zero-order valence-corrected chi connectivity index (χ0v) is 14.1. The Labute approximate surface area is 144 Å². The number of nitrogens with one attached hydrogen (secondary N) is 1. The van der Waals surface area contributed by atoms with Crippen molar-refractivity contribution in [3.8, 4) is 0 Å². The van der Waals surface area contributed by atoms with Crippen LogP contribution in [-0.2, 0) is 11.2 Å². The van der Waals surface area contributed by atoms with Crippen molar-refractivity contribution in [1.82, 2.24) is 19.5 Å². The first-order valence-corrected chi connectivity index (χ1v) is 9.02. The average molecular weight is 341 g/mol. The molecule has 0 spiro atoms. The molecule has 1 fully saturated rings. The largest absolute Gasteiger partial charge is 0.379 e. The molecule has 4 rings (SSSR count). The maximum absolute atomic E-state index is 12.4. The number of likely N-dealkylation sites (tertiary alicyclic amines) is 1. The summed E-state index contributed by atoms with van der Waals surface area (Å²) in [6.45, 7) is 1.61. The van der Waals surface area contributed by atoms with Crippen LogP contribution in [0.5, 0.6) is 0 Å². The van der Waals surface area contributed by atoms with E-state index in [1.54, 1.807) is 22.2 Å². The summed E-state index contributed by atoms with van der Waals surface area (Å²) in [6.07, 6.45) is 5.87. The van der Waals surface area contributed by atoms with Crippen LogP contribution in [0.2, 0.25) is 0 Å². The molecule has 1 saturated heterocycles. The number of rotatable bonds is 4. The Morgan fingerprint density at radius 2 is 2.17 bits per heavy atom. The van der Waals surface area contributed by atoms with Gasteiger partial charge in [-0.15, -0.1) is 11.3 Å². The number of piperidine rings is 1. The molecule has 0 aromatic carbocycles. The normalized spacial score (nSPS) is 15.8. The summed E-state index contributed by atoms with van der Waals surface area (Å²) in [5.41, 5.74) is 1.84. The van der Waals surface area contributed by atoms with Crippen molar-refractivity contribution >= 4 is 28.6 Å². The Kier molecular flexibility index (Phi) is 4.17. The van der Waals surface area contributed by atoms with Gasteiger partial charge in [-0.05, 0) is 36.4 Å². The fourth-order valence-corrected chi connectivity index (χ4v) is 3.82. The van der Waals surface area contributed by atoms with Crippen LogP contribution in [0, 0.1) is 0 Å². The number of fused-ring (bicyclic) bond motifs is 1. The molecule has 1 amide bonds. The second kappa shape index (κ2) is 6.60. The number of carbonyl (C=O) groups is 1. The number of thiophene rings is 1. The fraction of sp³-hybridized carbons (Fsp3) is 0.353. The van der Waals surface area contributed by atoms with Crippen LogP contribution in [0.1, 0.15) is 17.7 Å². The minimum atomic E-state index is 0.232. The maximum atomic E-state index is 12.4. The van der Waals surface area contributed by atoms with Gasteiger partial charge in [-0.1, -0.05) is 6.07 Å². The summed E-state index contributed by atoms with van der Waals surface area (Å²) in [4.78, 5) is 19.8. The highest BCUT2D eigenvalue weighted by Gasteiger charge is 2.23. The summed E-state index contributed by atoms with van der Waals surface area (Å²) >= 11 is 1.64. The first kappa shape index (κ1) is 15.1. The Balaban J connectivity index is 1.34. The van der Waals surface area contributed by atoms with Crippen molar-refractivity contribution in [2.75, 3.05) is 18.4 Å². The topological polar surface area (TPSA) is 62.5 Å². The number of carbonyl (C=O) groups excluding carboxylic acids is 1. The van der Waals surface area contributed by atoms with E-state index in [0.29, 0.717) is 12.5 Å². The molecular weight excluding hydrogens is 322 g/mol. The smallest absolute Gasteiger partial charge is 0.227 e. The lowest BCUT2D eigenvalue weighted by atomic mass is 10.0. The molecule has 1 aliphatic heterocycles. The first-order valence-electron chi connectivity index (χ1n) is 8.14. The maximum Gasteiger partial charge on any atom is 0.227 e. The molecular formula is C17H19N5OS. The summed E-state index contributed by atoms with van der Waals surface area (Å²) in [7, 11) is 0. The van der Waals surface area contributed by atoms with Crippen molar-refractivity contribution in [2.24, 2.45) is 0 Å². The van der Waals surface area contributed by atoms with Gasteiger partial charge in [0.1, 0.15) is 6.33 Å². The molecule has 0 atom stereocenters. The van der Waals surface area contributed by atoms with E-state index in [1.165, 1.54) is 0 Å². The predicted octanol–water partition coefficient (Wildman–Crippen LogP) is 2.44. The van der Waals surface area contributed by atoms with E-state index in [9.17, 15) is 4.79 Å². The molecule has 124 valence electrons. The van der Waals surface area contributed by atoms with E-state index in [4.69, 9.17) is 0 Å². The predicted molar refractivity (Wildman–Crippen MR) is 94.2 cm³/mol. The third-order valence-corrected chi connectivity index (χ3v) is 5.29. The van der Waals surface area contributed by atoms with Crippen molar-refractivity contribution < 1.29 is 4.79 Å². The van der Waals surface area contributed by atoms with Crippen molar-refractivity contribution in [2.45, 2.75) is 25.3 Å². The molecule has 1 aliphatic rings. The van der Waals surface area contributed by atoms with Crippen molar-refractivity contribution in [3.05, 3.63) is 47.0 Å². The van der Waals surface area contributed by atoms with Gasteiger partial charge in [-0.2, -0.15) is 5.10 Å². The van der Waals surface area contributed by atoms with Crippen LogP contribution in [-0.4, -0.2) is 44.5 Å². The molecule has 0 unspecified atom stereocenters. The Morgan fingerprint density at radius 1 is 1.29 bits per heavy atom. The molecule has 1 N–H and O–H groups in total. The van der Waals surface area contributed by atoms with Crippen LogP contribution in [0.3, 0.4) is 0 Å². The Morgan fingerprint density at radius 3 is 2.96 bits per heavy atom. The van der Waals surface area contributed by atoms with Crippen LogP contribution in [0.25, 0.3) is 5.65 Å². The fourth-order valence-electron chi connectivity index (χ4n) is 3.13. The van der Waals surface area contributed by atoms with Crippen molar-refractivity contribution in [1.29, 1.82) is 0 Å². The quantitative estimate of drug-likeness (QED) is 0.792. The molecule has 24 heavy (non-hydrogen) atoms. The van der Waals surface area contributed by atoms with Gasteiger partial charge in [-0.25, -0.2) is 9.50 Å². The van der Waals surface area contributed by atoms with Gasteiger partial charge in [0.05, 0.1) is 12.1 Å². The van der Waals surface area contributed by atoms with Gasteiger partial charge in [-0.3, -0.25) is 4.79 Å². The zero-order chi connectivity index (χ0) is 16.4. The summed E-state index contributed by atoms with van der Waals surface area (Å²) < 4.78 is 1.77. The van der Waals surface area contributed by atoms with E-state index in [2.05, 4.69) is 15.4 Å². The molecule has 3 aromatic heterocycles. The molecule has 7 heteroatoms. The number of hydrogen-bond acceptors (Lipinski definition) is 5. The highest BCUT2D eigenvalue weighted by atomic mass is 32.1. The molecule has 4 heterocycles. The second-order valence-electron chi connectivity index (χ2n) is 6.01. The summed E-state index contributed by atoms with van der Waals surface area (Å²) in [5.74, 6) is 0.232. The van der Waals surface area contributed by atoms with E-state index in [-0.39, 0.29) is 5.91 Å². The highest BCUT2D eigenvalue weighted by molar-refractivity contribution is 7.10. The van der Waals surface area contributed by atoms with Gasteiger partial charge < -0.3 is 10.2 Å². The van der Waals surface area contributed by atoms with E-state index in [0.717, 1.165) is 42.1 Å². The first-order chi connectivity index (χ1) is 11.8. The molecule has 6 nitrogen and oxygen atoms in total. The monoisotopic (exact) mass is 341 g/mol. The van der Waals surface area contributed by atoms with Gasteiger partial charge in [0.25, 0.3) is 0 Å². The number of amides is 1. The van der Waals surface area contributed by atoms with Crippen LogP contribution in [0.15, 0.2) is 42.2 Å². The molecule has 0 saturated carbocycles. The zero-order valence-electron chi connectivity index (χ0n) is 13.3. The SMILES string of the molecule is O=C(Cc1cccs1)N1CCC(Nc2cccn3ncnc23)CC1. The van der Waals surface area contributed by atoms with E-state index >= 15 is 0 Å². The lowest BCUT2D eigenvalue weighted by Crippen LogP contribution is -2.43. The molecule has 3 aromatic rings. The number of anilines is 1. The van der Waals surface area contributed by atoms with Crippen LogP contribution in [0.4, 0.5) is 5.69 Å². The van der Waals surface area contributed by atoms with Crippen LogP contribution >= 0.6 is 11.3 Å². The van der Waals surface area contributed by atoms with Crippen molar-refractivity contribution in [3.63, 3.8) is 0 Å². The molecule has 0 aliphatic carbocycles. The van der Waals surface area contributed by atoms with Gasteiger partial charge in [0, 0.05) is 30.2 Å². The average Bonchev–Trinajstić information content (AvgIpc) is 3.27. The summed E-state index contributed by atoms with van der Waals surface area (Å²) in [6, 6.07) is 8.37. The van der Waals surface area contributed by atoms with E-state index in [1.807, 2.05) is 40.7 Å². The van der Waals surface area contributed by atoms with Gasteiger partial charge in [0.15, 0.2) is 5.65 Å². The second-order valence-corrected chi connectivity index (χ2v) is 7.04. The summed E-state index contributed by atoms with van der Waals surface area (Å²) in [5, 5.41) is 9.73.